The molecule has 1 saturated heterocycles. The van der Waals surface area contributed by atoms with Crippen LogP contribution in [-0.2, 0) is 0 Å². The summed E-state index contributed by atoms with van der Waals surface area (Å²) in [6.07, 6.45) is 2.98. The molecule has 0 saturated carbocycles. The van der Waals surface area contributed by atoms with Gasteiger partial charge < -0.3 is 20.9 Å². The predicted octanol–water partition coefficient (Wildman–Crippen LogP) is 3.54. The van der Waals surface area contributed by atoms with Crippen molar-refractivity contribution in [1.29, 1.82) is 5.41 Å². The smallest absolute Gasteiger partial charge is 0.221 e. The van der Waals surface area contributed by atoms with Gasteiger partial charge in [-0.1, -0.05) is 20.8 Å². The van der Waals surface area contributed by atoms with Crippen molar-refractivity contribution >= 4 is 11.9 Å². The summed E-state index contributed by atoms with van der Waals surface area (Å²) in [4.78, 5) is 6.58. The summed E-state index contributed by atoms with van der Waals surface area (Å²) in [6, 6.07) is 0.285. The van der Waals surface area contributed by atoms with Gasteiger partial charge in [-0.05, 0) is 66.2 Å². The number of nitrogens with one attached hydrogen (secondary N) is 4. The van der Waals surface area contributed by atoms with E-state index in [1.807, 2.05) is 19.0 Å². The topological polar surface area (TPSA) is 75.5 Å². The van der Waals surface area contributed by atoms with Crippen molar-refractivity contribution in [3.63, 3.8) is 0 Å². The van der Waals surface area contributed by atoms with E-state index in [-0.39, 0.29) is 34.0 Å². The summed E-state index contributed by atoms with van der Waals surface area (Å²) in [6.45, 7) is 20.0. The zero-order valence-electron chi connectivity index (χ0n) is 19.6. The molecule has 0 atom stereocenters. The number of piperidine rings is 1. The first-order valence-corrected chi connectivity index (χ1v) is 10.1. The molecule has 0 bridgehead atoms. The Morgan fingerprint density at radius 3 is 2.00 bits per heavy atom. The van der Waals surface area contributed by atoms with E-state index >= 15 is 0 Å². The molecule has 1 rings (SSSR count). The molecule has 1 fully saturated rings. The lowest BCUT2D eigenvalue weighted by atomic mass is 9.79. The molecule has 0 aromatic heterocycles. The van der Waals surface area contributed by atoms with Gasteiger partial charge in [0, 0.05) is 36.8 Å². The van der Waals surface area contributed by atoms with Crippen molar-refractivity contribution in [3.8, 4) is 0 Å². The van der Waals surface area contributed by atoms with Gasteiger partial charge in [-0.25, -0.2) is 0 Å². The second kappa shape index (κ2) is 7.98. The molecule has 6 heteroatoms. The van der Waals surface area contributed by atoms with Gasteiger partial charge in [0.15, 0.2) is 5.96 Å². The van der Waals surface area contributed by atoms with Crippen LogP contribution in [0.4, 0.5) is 0 Å². The Morgan fingerprint density at radius 2 is 1.59 bits per heavy atom. The normalized spacial score (nSPS) is 20.9. The van der Waals surface area contributed by atoms with E-state index in [4.69, 9.17) is 5.41 Å². The van der Waals surface area contributed by atoms with E-state index in [9.17, 15) is 0 Å². The average Bonchev–Trinajstić information content (AvgIpc) is 2.39. The second-order valence-corrected chi connectivity index (χ2v) is 11.3. The lowest BCUT2D eigenvalue weighted by Gasteiger charge is -2.49. The molecule has 0 spiro atoms. The van der Waals surface area contributed by atoms with Crippen LogP contribution in [-0.4, -0.2) is 53.6 Å². The fourth-order valence-electron chi connectivity index (χ4n) is 4.74. The number of hydrogen-bond acceptors (Lipinski definition) is 2. The highest BCUT2D eigenvalue weighted by molar-refractivity contribution is 5.93. The number of nitrogens with zero attached hydrogens (tertiary/aromatic N) is 2. The Bertz CT molecular complexity index is 538. The number of hydrogen-bond donors (Lipinski definition) is 4. The maximum Gasteiger partial charge on any atom is 0.221 e. The monoisotopic (exact) mass is 380 g/mol. The van der Waals surface area contributed by atoms with E-state index in [1.165, 1.54) is 0 Å². The largest absolute Gasteiger partial charge is 0.359 e. The Labute approximate surface area is 167 Å². The molecule has 0 unspecified atom stereocenters. The number of aliphatic imine (C=N–C) groups is 1. The highest BCUT2D eigenvalue weighted by atomic mass is 15.3. The Morgan fingerprint density at radius 1 is 1.11 bits per heavy atom. The summed E-state index contributed by atoms with van der Waals surface area (Å²) < 4.78 is 0. The van der Waals surface area contributed by atoms with Crippen molar-refractivity contribution in [3.05, 3.63) is 0 Å². The minimum Gasteiger partial charge on any atom is -0.359 e. The molecule has 0 aromatic rings. The zero-order chi connectivity index (χ0) is 21.3. The van der Waals surface area contributed by atoms with Gasteiger partial charge in [0.2, 0.25) is 5.96 Å². The van der Waals surface area contributed by atoms with Crippen molar-refractivity contribution in [2.24, 2.45) is 10.4 Å². The molecule has 1 heterocycles. The van der Waals surface area contributed by atoms with E-state index in [0.717, 1.165) is 19.3 Å². The van der Waals surface area contributed by atoms with Gasteiger partial charge in [-0.15, -0.1) is 0 Å². The van der Waals surface area contributed by atoms with Crippen LogP contribution in [0, 0.1) is 10.8 Å². The summed E-state index contributed by atoms with van der Waals surface area (Å²) in [5, 5.41) is 18.9. The van der Waals surface area contributed by atoms with Gasteiger partial charge >= 0.3 is 0 Å². The second-order valence-electron chi connectivity index (χ2n) is 11.3. The van der Waals surface area contributed by atoms with Crippen LogP contribution in [0.3, 0.4) is 0 Å². The lowest BCUT2D eigenvalue weighted by molar-refractivity contribution is 0.113. The van der Waals surface area contributed by atoms with Crippen LogP contribution in [0.5, 0.6) is 0 Å². The Balaban J connectivity index is 2.89. The predicted molar refractivity (Wildman–Crippen MR) is 118 cm³/mol. The Hall–Kier alpha value is -1.30. The summed E-state index contributed by atoms with van der Waals surface area (Å²) >= 11 is 0. The van der Waals surface area contributed by atoms with Crippen LogP contribution in [0.1, 0.15) is 81.6 Å². The van der Waals surface area contributed by atoms with Crippen LogP contribution >= 0.6 is 0 Å². The molecule has 27 heavy (non-hydrogen) atoms. The van der Waals surface area contributed by atoms with Gasteiger partial charge in [0.05, 0.1) is 0 Å². The maximum atomic E-state index is 8.55. The first kappa shape index (κ1) is 23.7. The van der Waals surface area contributed by atoms with Crippen LogP contribution in [0.2, 0.25) is 0 Å². The Kier molecular flexibility index (Phi) is 7.01. The molecular formula is C21H44N6. The van der Waals surface area contributed by atoms with Crippen molar-refractivity contribution in [2.75, 3.05) is 14.1 Å². The molecule has 1 aliphatic heterocycles. The summed E-state index contributed by atoms with van der Waals surface area (Å²) in [5.74, 6) is 0.936. The maximum absolute atomic E-state index is 8.55. The molecule has 6 nitrogen and oxygen atoms in total. The standard InChI is InChI=1S/C21H44N6/c1-18(2,3)14-21(8,9)25-17(23-10)24-16(22)27(11)15-12-19(4,5)26-20(6,7)13-15/h15,26H,12-14H2,1-11H3,(H3,22,23,24,25). The number of guanidine groups is 2. The average molecular weight is 381 g/mol. The highest BCUT2D eigenvalue weighted by Gasteiger charge is 2.39. The van der Waals surface area contributed by atoms with Gasteiger partial charge in [-0.2, -0.15) is 4.99 Å². The molecule has 0 radical (unpaired) electrons. The first-order valence-electron chi connectivity index (χ1n) is 10.1. The summed E-state index contributed by atoms with van der Waals surface area (Å²) in [7, 11) is 3.84. The molecule has 0 aromatic carbocycles. The zero-order valence-corrected chi connectivity index (χ0v) is 19.6. The minimum absolute atomic E-state index is 0.0451. The van der Waals surface area contributed by atoms with E-state index in [1.54, 1.807) is 0 Å². The molecular weight excluding hydrogens is 336 g/mol. The van der Waals surface area contributed by atoms with Crippen molar-refractivity contribution in [1.82, 2.24) is 20.9 Å². The summed E-state index contributed by atoms with van der Waals surface area (Å²) in [5.41, 5.74) is 0.191. The molecule has 0 amide bonds. The molecule has 158 valence electrons. The minimum atomic E-state index is -0.113. The van der Waals surface area contributed by atoms with E-state index in [0.29, 0.717) is 5.96 Å². The van der Waals surface area contributed by atoms with Crippen LogP contribution in [0.25, 0.3) is 0 Å². The van der Waals surface area contributed by atoms with E-state index < -0.39 is 0 Å². The lowest BCUT2D eigenvalue weighted by Crippen LogP contribution is -2.62. The first-order chi connectivity index (χ1) is 12.0. The molecule has 4 N–H and O–H groups in total. The van der Waals surface area contributed by atoms with Crippen LogP contribution in [0.15, 0.2) is 4.99 Å². The molecule has 1 aliphatic rings. The third-order valence-corrected chi connectivity index (χ3v) is 4.93. The van der Waals surface area contributed by atoms with Crippen molar-refractivity contribution in [2.45, 2.75) is 104 Å². The number of rotatable bonds is 3. The fraction of sp³-hybridized carbons (Fsp3) is 0.905. The van der Waals surface area contributed by atoms with Gasteiger partial charge in [-0.3, -0.25) is 5.41 Å². The van der Waals surface area contributed by atoms with Gasteiger partial charge in [0.1, 0.15) is 0 Å². The third-order valence-electron chi connectivity index (χ3n) is 4.93. The highest BCUT2D eigenvalue weighted by Crippen LogP contribution is 2.31. The van der Waals surface area contributed by atoms with Gasteiger partial charge in [0.25, 0.3) is 0 Å². The van der Waals surface area contributed by atoms with Crippen molar-refractivity contribution < 1.29 is 0 Å². The van der Waals surface area contributed by atoms with Crippen LogP contribution < -0.4 is 16.0 Å². The quantitative estimate of drug-likeness (QED) is 0.446. The fourth-order valence-corrected chi connectivity index (χ4v) is 4.74. The third kappa shape index (κ3) is 8.08. The SMILES string of the molecule is CN/C(=N\C(=N)N(C)C1CC(C)(C)NC(C)(C)C1)NC(C)(C)CC(C)(C)C. The van der Waals surface area contributed by atoms with E-state index in [2.05, 4.69) is 83.3 Å². The molecule has 0 aliphatic carbocycles.